The van der Waals surface area contributed by atoms with Crippen molar-refractivity contribution in [3.63, 3.8) is 0 Å². The van der Waals surface area contributed by atoms with Gasteiger partial charge < -0.3 is 9.15 Å². The van der Waals surface area contributed by atoms with Crippen LogP contribution in [-0.2, 0) is 22.6 Å². The minimum absolute atomic E-state index is 0.0366. The summed E-state index contributed by atoms with van der Waals surface area (Å²) in [6, 6.07) is 12.6. The highest BCUT2D eigenvalue weighted by molar-refractivity contribution is 6.35. The fraction of sp³-hybridized carbons (Fsp3) is 0.167. The number of esters is 1. The molecule has 3 rings (SSSR count). The van der Waals surface area contributed by atoms with Crippen molar-refractivity contribution in [2.75, 3.05) is 0 Å². The van der Waals surface area contributed by atoms with E-state index in [0.717, 1.165) is 11.1 Å². The van der Waals surface area contributed by atoms with E-state index in [0.29, 0.717) is 21.5 Å². The molecule has 0 bridgehead atoms. The van der Waals surface area contributed by atoms with E-state index < -0.39 is 5.97 Å². The molecule has 3 aromatic rings. The average Bonchev–Trinajstić information content (AvgIpc) is 3.05. The van der Waals surface area contributed by atoms with E-state index in [1.807, 2.05) is 31.2 Å². The standard InChI is InChI=1S/C18H14Cl2N2O3/c1-11-3-2-4-13(7-11)18-22-21-16(25-18)10-24-17(23)8-12-5-6-14(19)9-15(12)20/h2-7,9H,8,10H2,1H3. The van der Waals surface area contributed by atoms with Crippen molar-refractivity contribution < 1.29 is 13.9 Å². The Kier molecular flexibility index (Phi) is 5.36. The maximum Gasteiger partial charge on any atom is 0.310 e. The summed E-state index contributed by atoms with van der Waals surface area (Å²) in [6.07, 6.45) is 0.0366. The fourth-order valence-corrected chi connectivity index (χ4v) is 2.70. The SMILES string of the molecule is Cc1cccc(-c2nnc(COC(=O)Cc3ccc(Cl)cc3Cl)o2)c1. The maximum atomic E-state index is 11.9. The molecule has 0 spiro atoms. The Morgan fingerprint density at radius 1 is 1.16 bits per heavy atom. The summed E-state index contributed by atoms with van der Waals surface area (Å²) in [4.78, 5) is 11.9. The lowest BCUT2D eigenvalue weighted by Crippen LogP contribution is -2.08. The highest BCUT2D eigenvalue weighted by atomic mass is 35.5. The number of nitrogens with zero attached hydrogens (tertiary/aromatic N) is 2. The van der Waals surface area contributed by atoms with Gasteiger partial charge in [0.2, 0.25) is 5.89 Å². The second kappa shape index (κ2) is 7.68. The van der Waals surface area contributed by atoms with Gasteiger partial charge in [-0.25, -0.2) is 0 Å². The molecule has 0 amide bonds. The van der Waals surface area contributed by atoms with Crippen molar-refractivity contribution in [1.29, 1.82) is 0 Å². The molecule has 0 aliphatic carbocycles. The maximum absolute atomic E-state index is 11.9. The van der Waals surface area contributed by atoms with E-state index >= 15 is 0 Å². The molecule has 0 radical (unpaired) electrons. The van der Waals surface area contributed by atoms with Gasteiger partial charge in [-0.2, -0.15) is 0 Å². The minimum Gasteiger partial charge on any atom is -0.455 e. The number of rotatable bonds is 5. The molecule has 25 heavy (non-hydrogen) atoms. The second-order valence-electron chi connectivity index (χ2n) is 5.44. The number of carbonyl (C=O) groups excluding carboxylic acids is 1. The first kappa shape index (κ1) is 17.5. The van der Waals surface area contributed by atoms with Gasteiger partial charge in [-0.1, -0.05) is 47.0 Å². The number of hydrogen-bond donors (Lipinski definition) is 0. The Balaban J connectivity index is 1.59. The highest BCUT2D eigenvalue weighted by Gasteiger charge is 2.13. The summed E-state index contributed by atoms with van der Waals surface area (Å²) < 4.78 is 10.7. The van der Waals surface area contributed by atoms with Gasteiger partial charge in [0, 0.05) is 15.6 Å². The molecule has 0 unspecified atom stereocenters. The van der Waals surface area contributed by atoms with Gasteiger partial charge in [0.1, 0.15) is 0 Å². The first-order chi connectivity index (χ1) is 12.0. The molecule has 128 valence electrons. The molecule has 2 aromatic carbocycles. The lowest BCUT2D eigenvalue weighted by molar-refractivity contribution is -0.144. The van der Waals surface area contributed by atoms with Gasteiger partial charge in [-0.3, -0.25) is 4.79 Å². The zero-order valence-electron chi connectivity index (χ0n) is 13.3. The van der Waals surface area contributed by atoms with Gasteiger partial charge >= 0.3 is 5.97 Å². The van der Waals surface area contributed by atoms with E-state index in [2.05, 4.69) is 10.2 Å². The number of halogens is 2. The van der Waals surface area contributed by atoms with Crippen LogP contribution < -0.4 is 0 Å². The third kappa shape index (κ3) is 4.59. The molecule has 0 aliphatic rings. The fourth-order valence-electron chi connectivity index (χ4n) is 2.22. The lowest BCUT2D eigenvalue weighted by Gasteiger charge is -2.04. The number of aromatic nitrogens is 2. The van der Waals surface area contributed by atoms with E-state index in [-0.39, 0.29) is 18.9 Å². The monoisotopic (exact) mass is 376 g/mol. The number of ether oxygens (including phenoxy) is 1. The highest BCUT2D eigenvalue weighted by Crippen LogP contribution is 2.22. The van der Waals surface area contributed by atoms with Crippen molar-refractivity contribution in [3.05, 3.63) is 69.5 Å². The van der Waals surface area contributed by atoms with Crippen LogP contribution in [0.2, 0.25) is 10.0 Å². The Labute approximate surface area is 154 Å². The number of carbonyl (C=O) groups is 1. The topological polar surface area (TPSA) is 65.2 Å². The Hall–Kier alpha value is -2.37. The van der Waals surface area contributed by atoms with Crippen molar-refractivity contribution in [1.82, 2.24) is 10.2 Å². The largest absolute Gasteiger partial charge is 0.455 e. The van der Waals surface area contributed by atoms with Crippen molar-refractivity contribution >= 4 is 29.2 Å². The summed E-state index contributed by atoms with van der Waals surface area (Å²) in [5.41, 5.74) is 2.54. The van der Waals surface area contributed by atoms with E-state index in [4.69, 9.17) is 32.4 Å². The number of benzene rings is 2. The Bertz CT molecular complexity index is 909. The second-order valence-corrected chi connectivity index (χ2v) is 6.29. The molecule has 0 saturated heterocycles. The lowest BCUT2D eigenvalue weighted by atomic mass is 10.1. The Morgan fingerprint density at radius 2 is 2.00 bits per heavy atom. The summed E-state index contributed by atoms with van der Waals surface area (Å²) in [5.74, 6) is 0.169. The van der Waals surface area contributed by atoms with Gasteiger partial charge in [-0.15, -0.1) is 10.2 Å². The predicted octanol–water partition coefficient (Wildman–Crippen LogP) is 4.64. The average molecular weight is 377 g/mol. The zero-order chi connectivity index (χ0) is 17.8. The van der Waals surface area contributed by atoms with E-state index in [9.17, 15) is 4.79 Å². The van der Waals surface area contributed by atoms with Gasteiger partial charge in [0.05, 0.1) is 6.42 Å². The van der Waals surface area contributed by atoms with Crippen LogP contribution >= 0.6 is 23.2 Å². The third-order valence-corrected chi connectivity index (χ3v) is 4.03. The molecular formula is C18H14Cl2N2O3. The smallest absolute Gasteiger partial charge is 0.310 e. The van der Waals surface area contributed by atoms with Gasteiger partial charge in [0.25, 0.3) is 5.89 Å². The first-order valence-corrected chi connectivity index (χ1v) is 8.26. The molecule has 7 heteroatoms. The van der Waals surface area contributed by atoms with Crippen LogP contribution in [0.4, 0.5) is 0 Å². The zero-order valence-corrected chi connectivity index (χ0v) is 14.8. The molecule has 0 fully saturated rings. The molecule has 0 N–H and O–H groups in total. The summed E-state index contributed by atoms with van der Waals surface area (Å²) in [7, 11) is 0. The molecule has 0 saturated carbocycles. The van der Waals surface area contributed by atoms with Crippen LogP contribution in [0, 0.1) is 6.92 Å². The van der Waals surface area contributed by atoms with E-state index in [1.165, 1.54) is 0 Å². The molecule has 0 atom stereocenters. The molecule has 0 aliphatic heterocycles. The van der Waals surface area contributed by atoms with Gasteiger partial charge in [0.15, 0.2) is 6.61 Å². The van der Waals surface area contributed by atoms with E-state index in [1.54, 1.807) is 18.2 Å². The quantitative estimate of drug-likeness (QED) is 0.606. The summed E-state index contributed by atoms with van der Waals surface area (Å²) >= 11 is 11.9. The molecule has 1 heterocycles. The van der Waals surface area contributed by atoms with Crippen molar-refractivity contribution in [2.24, 2.45) is 0 Å². The number of aryl methyl sites for hydroxylation is 1. The first-order valence-electron chi connectivity index (χ1n) is 7.50. The minimum atomic E-state index is -0.445. The molecular weight excluding hydrogens is 363 g/mol. The van der Waals surface area contributed by atoms with Crippen LogP contribution in [0.25, 0.3) is 11.5 Å². The Morgan fingerprint density at radius 3 is 2.76 bits per heavy atom. The van der Waals surface area contributed by atoms with Crippen LogP contribution in [0.5, 0.6) is 0 Å². The summed E-state index contributed by atoms with van der Waals surface area (Å²) in [5, 5.41) is 8.79. The van der Waals surface area contributed by atoms with Gasteiger partial charge in [-0.05, 0) is 36.8 Å². The van der Waals surface area contributed by atoms with Crippen molar-refractivity contribution in [3.8, 4) is 11.5 Å². The van der Waals surface area contributed by atoms with Crippen LogP contribution in [-0.4, -0.2) is 16.2 Å². The summed E-state index contributed by atoms with van der Waals surface area (Å²) in [6.45, 7) is 1.88. The van der Waals surface area contributed by atoms with Crippen LogP contribution in [0.1, 0.15) is 17.0 Å². The number of hydrogen-bond acceptors (Lipinski definition) is 5. The normalized spacial score (nSPS) is 10.7. The van der Waals surface area contributed by atoms with Crippen LogP contribution in [0.3, 0.4) is 0 Å². The third-order valence-electron chi connectivity index (χ3n) is 3.44. The molecule has 1 aromatic heterocycles. The van der Waals surface area contributed by atoms with Crippen molar-refractivity contribution in [2.45, 2.75) is 20.0 Å². The van der Waals surface area contributed by atoms with Crippen LogP contribution in [0.15, 0.2) is 46.9 Å². The predicted molar refractivity (Wildman–Crippen MR) is 94.4 cm³/mol. The molecule has 5 nitrogen and oxygen atoms in total.